The van der Waals surface area contributed by atoms with Crippen LogP contribution in [0, 0.1) is 5.41 Å². The molecule has 1 heterocycles. The Balaban J connectivity index is 2.40. The van der Waals surface area contributed by atoms with Crippen molar-refractivity contribution in [1.82, 2.24) is 10.2 Å². The summed E-state index contributed by atoms with van der Waals surface area (Å²) in [5.41, 5.74) is 0.476. The topological polar surface area (TPSA) is 27.6 Å². The molecule has 4 heteroatoms. The molecule has 0 amide bonds. The lowest BCUT2D eigenvalue weighted by Gasteiger charge is -2.42. The lowest BCUT2D eigenvalue weighted by atomic mass is 9.78. The summed E-state index contributed by atoms with van der Waals surface area (Å²) in [5.74, 6) is 2.37. The summed E-state index contributed by atoms with van der Waals surface area (Å²) in [4.78, 5) is 6.95. The van der Waals surface area contributed by atoms with Crippen LogP contribution in [-0.4, -0.2) is 49.6 Å². The second-order valence-electron chi connectivity index (χ2n) is 6.26. The third-order valence-electron chi connectivity index (χ3n) is 4.20. The van der Waals surface area contributed by atoms with Gasteiger partial charge >= 0.3 is 0 Å². The van der Waals surface area contributed by atoms with Crippen molar-refractivity contribution in [2.75, 3.05) is 38.7 Å². The lowest BCUT2D eigenvalue weighted by molar-refractivity contribution is 0.142. The Morgan fingerprint density at radius 1 is 1.40 bits per heavy atom. The van der Waals surface area contributed by atoms with Crippen molar-refractivity contribution in [3.63, 3.8) is 0 Å². The zero-order valence-corrected chi connectivity index (χ0v) is 14.7. The van der Waals surface area contributed by atoms with Crippen molar-refractivity contribution in [1.29, 1.82) is 0 Å². The molecule has 1 N–H and O–H groups in total. The molecular weight excluding hydrogens is 266 g/mol. The summed E-state index contributed by atoms with van der Waals surface area (Å²) < 4.78 is 0. The number of hydrogen-bond acceptors (Lipinski definition) is 2. The number of piperidine rings is 1. The fraction of sp³-hybridized carbons (Fsp3) is 0.938. The maximum Gasteiger partial charge on any atom is 0.193 e. The number of thioether (sulfide) groups is 1. The molecule has 0 bridgehead atoms. The van der Waals surface area contributed by atoms with Gasteiger partial charge in [-0.25, -0.2) is 0 Å². The van der Waals surface area contributed by atoms with Crippen LogP contribution in [0.3, 0.4) is 0 Å². The summed E-state index contributed by atoms with van der Waals surface area (Å²) in [5, 5.41) is 3.54. The molecule has 1 atom stereocenters. The Labute approximate surface area is 130 Å². The molecule has 1 fully saturated rings. The summed E-state index contributed by atoms with van der Waals surface area (Å²) >= 11 is 1.93. The van der Waals surface area contributed by atoms with E-state index >= 15 is 0 Å². The first-order chi connectivity index (χ1) is 9.65. The number of rotatable bonds is 7. The first kappa shape index (κ1) is 17.7. The number of nitrogens with zero attached hydrogens (tertiary/aromatic N) is 2. The first-order valence-corrected chi connectivity index (χ1v) is 9.49. The van der Waals surface area contributed by atoms with E-state index in [0.717, 1.165) is 25.6 Å². The van der Waals surface area contributed by atoms with E-state index in [0.29, 0.717) is 5.41 Å². The molecule has 0 aliphatic carbocycles. The van der Waals surface area contributed by atoms with Crippen LogP contribution in [-0.2, 0) is 0 Å². The number of unbranched alkanes of at least 4 members (excludes halogenated alkanes) is 1. The second kappa shape index (κ2) is 9.54. The van der Waals surface area contributed by atoms with Crippen molar-refractivity contribution in [3.05, 3.63) is 0 Å². The van der Waals surface area contributed by atoms with Gasteiger partial charge in [-0.2, -0.15) is 11.8 Å². The van der Waals surface area contributed by atoms with Gasteiger partial charge < -0.3 is 10.2 Å². The molecule has 0 aromatic carbocycles. The van der Waals surface area contributed by atoms with E-state index in [1.165, 1.54) is 44.3 Å². The Morgan fingerprint density at radius 2 is 2.20 bits per heavy atom. The second-order valence-corrected chi connectivity index (χ2v) is 7.25. The standard InChI is InChI=1S/C16H33N3S/c1-5-9-16(2)10-8-12-19(14-16)15(17-3)18-11-6-7-13-20-4/h5-14H2,1-4H3,(H,17,18). The van der Waals surface area contributed by atoms with Gasteiger partial charge in [0.1, 0.15) is 0 Å². The molecule has 1 saturated heterocycles. The van der Waals surface area contributed by atoms with Crippen LogP contribution in [0.15, 0.2) is 4.99 Å². The monoisotopic (exact) mass is 299 g/mol. The number of hydrogen-bond donors (Lipinski definition) is 1. The van der Waals surface area contributed by atoms with E-state index in [1.807, 2.05) is 18.8 Å². The molecule has 1 unspecified atom stereocenters. The third-order valence-corrected chi connectivity index (χ3v) is 4.90. The zero-order valence-electron chi connectivity index (χ0n) is 13.9. The molecule has 0 radical (unpaired) electrons. The minimum Gasteiger partial charge on any atom is -0.356 e. The van der Waals surface area contributed by atoms with Gasteiger partial charge in [0.15, 0.2) is 5.96 Å². The molecule has 0 aromatic heterocycles. The highest BCUT2D eigenvalue weighted by molar-refractivity contribution is 7.98. The van der Waals surface area contributed by atoms with E-state index in [-0.39, 0.29) is 0 Å². The molecule has 118 valence electrons. The van der Waals surface area contributed by atoms with Crippen LogP contribution in [0.1, 0.15) is 52.4 Å². The predicted molar refractivity (Wildman–Crippen MR) is 92.8 cm³/mol. The van der Waals surface area contributed by atoms with Crippen molar-refractivity contribution in [2.45, 2.75) is 52.4 Å². The molecule has 0 aromatic rings. The molecular formula is C16H33N3S. The molecule has 1 aliphatic rings. The van der Waals surface area contributed by atoms with E-state index in [9.17, 15) is 0 Å². The van der Waals surface area contributed by atoms with Crippen LogP contribution >= 0.6 is 11.8 Å². The third kappa shape index (κ3) is 5.94. The summed E-state index contributed by atoms with van der Waals surface area (Å²) in [6, 6.07) is 0. The van der Waals surface area contributed by atoms with Crippen molar-refractivity contribution in [3.8, 4) is 0 Å². The number of aliphatic imine (C=N–C) groups is 1. The normalized spacial score (nSPS) is 24.0. The fourth-order valence-electron chi connectivity index (χ4n) is 3.21. The van der Waals surface area contributed by atoms with Gasteiger partial charge in [0.2, 0.25) is 0 Å². The Bertz CT molecular complexity index is 289. The average Bonchev–Trinajstić information content (AvgIpc) is 2.43. The van der Waals surface area contributed by atoms with Crippen LogP contribution in [0.4, 0.5) is 0 Å². The van der Waals surface area contributed by atoms with Crippen LogP contribution in [0.5, 0.6) is 0 Å². The molecule has 1 rings (SSSR count). The van der Waals surface area contributed by atoms with Gasteiger partial charge in [-0.1, -0.05) is 20.3 Å². The molecule has 0 saturated carbocycles. The SMILES string of the molecule is CCCC1(C)CCCN(C(=NC)NCCCCSC)C1. The van der Waals surface area contributed by atoms with Crippen LogP contribution in [0.2, 0.25) is 0 Å². The smallest absolute Gasteiger partial charge is 0.193 e. The fourth-order valence-corrected chi connectivity index (χ4v) is 3.70. The molecule has 20 heavy (non-hydrogen) atoms. The predicted octanol–water partition coefficient (Wildman–Crippen LogP) is 3.61. The zero-order chi connectivity index (χ0) is 14.8. The van der Waals surface area contributed by atoms with E-state index in [2.05, 4.69) is 35.3 Å². The summed E-state index contributed by atoms with van der Waals surface area (Å²) in [6.45, 7) is 8.10. The summed E-state index contributed by atoms with van der Waals surface area (Å²) in [7, 11) is 1.91. The number of guanidine groups is 1. The van der Waals surface area contributed by atoms with Crippen molar-refractivity contribution >= 4 is 17.7 Å². The molecule has 0 spiro atoms. The number of nitrogens with one attached hydrogen (secondary N) is 1. The van der Waals surface area contributed by atoms with E-state index in [4.69, 9.17) is 0 Å². The Hall–Kier alpha value is -0.380. The maximum atomic E-state index is 4.48. The largest absolute Gasteiger partial charge is 0.356 e. The van der Waals surface area contributed by atoms with Gasteiger partial charge in [-0.05, 0) is 49.5 Å². The van der Waals surface area contributed by atoms with Crippen LogP contribution in [0.25, 0.3) is 0 Å². The quantitative estimate of drug-likeness (QED) is 0.442. The van der Waals surface area contributed by atoms with Gasteiger partial charge in [-0.3, -0.25) is 4.99 Å². The highest BCUT2D eigenvalue weighted by atomic mass is 32.2. The summed E-state index contributed by atoms with van der Waals surface area (Å²) in [6.07, 6.45) is 9.97. The van der Waals surface area contributed by atoms with E-state index in [1.54, 1.807) is 0 Å². The van der Waals surface area contributed by atoms with Crippen molar-refractivity contribution in [2.24, 2.45) is 10.4 Å². The lowest BCUT2D eigenvalue weighted by Crippen LogP contribution is -2.50. The highest BCUT2D eigenvalue weighted by Gasteiger charge is 2.31. The Kier molecular flexibility index (Phi) is 8.43. The Morgan fingerprint density at radius 3 is 2.85 bits per heavy atom. The number of likely N-dealkylation sites (tertiary alicyclic amines) is 1. The van der Waals surface area contributed by atoms with Gasteiger partial charge in [-0.15, -0.1) is 0 Å². The minimum atomic E-state index is 0.476. The molecule has 1 aliphatic heterocycles. The van der Waals surface area contributed by atoms with Crippen molar-refractivity contribution < 1.29 is 0 Å². The van der Waals surface area contributed by atoms with Gasteiger partial charge in [0.25, 0.3) is 0 Å². The first-order valence-electron chi connectivity index (χ1n) is 8.10. The minimum absolute atomic E-state index is 0.476. The maximum absolute atomic E-state index is 4.48. The molecule has 3 nitrogen and oxygen atoms in total. The van der Waals surface area contributed by atoms with Gasteiger partial charge in [0, 0.05) is 26.7 Å². The van der Waals surface area contributed by atoms with E-state index < -0.39 is 0 Å². The van der Waals surface area contributed by atoms with Gasteiger partial charge in [0.05, 0.1) is 0 Å². The van der Waals surface area contributed by atoms with Crippen LogP contribution < -0.4 is 5.32 Å². The average molecular weight is 300 g/mol. The highest BCUT2D eigenvalue weighted by Crippen LogP contribution is 2.33.